The van der Waals surface area contributed by atoms with E-state index in [2.05, 4.69) is 21.2 Å². The third-order valence-electron chi connectivity index (χ3n) is 2.91. The summed E-state index contributed by atoms with van der Waals surface area (Å²) < 4.78 is 14.3. The van der Waals surface area contributed by atoms with E-state index in [-0.39, 0.29) is 11.1 Å². The van der Waals surface area contributed by atoms with Crippen LogP contribution in [0.3, 0.4) is 0 Å². The van der Waals surface area contributed by atoms with Crippen molar-refractivity contribution in [2.24, 2.45) is 0 Å². The van der Waals surface area contributed by atoms with Crippen molar-refractivity contribution < 1.29 is 4.39 Å². The minimum Gasteiger partial charge on any atom is -0.377 e. The molecule has 0 aliphatic carbocycles. The molecule has 2 aromatic carbocycles. The Morgan fingerprint density at radius 1 is 1.05 bits per heavy atom. The van der Waals surface area contributed by atoms with Crippen LogP contribution in [0.4, 0.5) is 10.1 Å². The fraction of sp³-hybridized carbons (Fsp3) is 0.143. The van der Waals surface area contributed by atoms with Gasteiger partial charge in [-0.1, -0.05) is 46.4 Å². The van der Waals surface area contributed by atoms with Crippen LogP contribution in [0, 0.1) is 5.82 Å². The first-order valence-electron chi connectivity index (χ1n) is 5.85. The Morgan fingerprint density at radius 3 is 2.38 bits per heavy atom. The first-order valence-corrected chi connectivity index (χ1v) is 8.16. The van der Waals surface area contributed by atoms with Gasteiger partial charge in [-0.25, -0.2) is 4.39 Å². The summed E-state index contributed by atoms with van der Waals surface area (Å²) in [5.41, 5.74) is 1.21. The molecule has 0 amide bonds. The molecule has 0 aliphatic heterocycles. The van der Waals surface area contributed by atoms with Crippen molar-refractivity contribution in [3.05, 3.63) is 60.2 Å². The second kappa shape index (κ2) is 6.93. The van der Waals surface area contributed by atoms with Gasteiger partial charge in [-0.2, -0.15) is 0 Å². The minimum absolute atomic E-state index is 0.0133. The SMILES string of the molecule is CC(Nc1ccc(Br)c(Cl)c1Cl)c1cc(F)c(Cl)cc1Cl. The van der Waals surface area contributed by atoms with Crippen LogP contribution in [0.1, 0.15) is 18.5 Å². The van der Waals surface area contributed by atoms with E-state index in [1.165, 1.54) is 12.1 Å². The summed E-state index contributed by atoms with van der Waals surface area (Å²) in [6.45, 7) is 1.83. The van der Waals surface area contributed by atoms with Crippen LogP contribution < -0.4 is 5.32 Å². The Hall–Kier alpha value is -0.190. The highest BCUT2D eigenvalue weighted by Crippen LogP contribution is 2.38. The molecule has 0 heterocycles. The molecule has 1 unspecified atom stereocenters. The number of rotatable bonds is 3. The Morgan fingerprint density at radius 2 is 1.71 bits per heavy atom. The summed E-state index contributed by atoms with van der Waals surface area (Å²) in [6, 6.07) is 5.94. The topological polar surface area (TPSA) is 12.0 Å². The van der Waals surface area contributed by atoms with E-state index in [1.54, 1.807) is 12.1 Å². The molecule has 0 bridgehead atoms. The smallest absolute Gasteiger partial charge is 0.142 e. The highest BCUT2D eigenvalue weighted by molar-refractivity contribution is 9.10. The lowest BCUT2D eigenvalue weighted by molar-refractivity contribution is 0.624. The average Bonchev–Trinajstić information content (AvgIpc) is 2.43. The van der Waals surface area contributed by atoms with Crippen LogP contribution in [0.5, 0.6) is 0 Å². The van der Waals surface area contributed by atoms with Gasteiger partial charge in [0, 0.05) is 9.50 Å². The van der Waals surface area contributed by atoms with Crippen LogP contribution >= 0.6 is 62.3 Å². The normalized spacial score (nSPS) is 12.3. The maximum absolute atomic E-state index is 13.6. The van der Waals surface area contributed by atoms with Gasteiger partial charge in [-0.3, -0.25) is 0 Å². The van der Waals surface area contributed by atoms with Crippen molar-refractivity contribution in [3.63, 3.8) is 0 Å². The summed E-state index contributed by atoms with van der Waals surface area (Å²) >= 11 is 27.3. The van der Waals surface area contributed by atoms with Crippen molar-refractivity contribution in [2.45, 2.75) is 13.0 Å². The number of halogens is 6. The first kappa shape index (κ1) is 17.2. The molecule has 0 aliphatic rings. The zero-order valence-electron chi connectivity index (χ0n) is 10.7. The molecule has 0 fully saturated rings. The maximum Gasteiger partial charge on any atom is 0.142 e. The molecule has 1 nitrogen and oxygen atoms in total. The number of hydrogen-bond acceptors (Lipinski definition) is 1. The summed E-state index contributed by atoms with van der Waals surface area (Å²) in [4.78, 5) is 0. The van der Waals surface area contributed by atoms with Gasteiger partial charge in [0.15, 0.2) is 0 Å². The van der Waals surface area contributed by atoms with Crippen LogP contribution in [0.2, 0.25) is 20.1 Å². The van der Waals surface area contributed by atoms with Crippen molar-refractivity contribution >= 4 is 68.0 Å². The molecule has 1 N–H and O–H groups in total. The average molecular weight is 432 g/mol. The molecule has 0 radical (unpaired) electrons. The van der Waals surface area contributed by atoms with Crippen molar-refractivity contribution in [3.8, 4) is 0 Å². The third-order valence-corrected chi connectivity index (χ3v) is 5.30. The second-order valence-corrected chi connectivity index (χ2v) is 6.80. The quantitative estimate of drug-likeness (QED) is 0.395. The van der Waals surface area contributed by atoms with E-state index >= 15 is 0 Å². The lowest BCUT2D eigenvalue weighted by Crippen LogP contribution is -2.08. The van der Waals surface area contributed by atoms with Crippen LogP contribution in [0.15, 0.2) is 28.7 Å². The number of anilines is 1. The number of nitrogens with one attached hydrogen (secondary N) is 1. The summed E-state index contributed by atoms with van der Waals surface area (Å²) in [5.74, 6) is -0.523. The predicted molar refractivity (Wildman–Crippen MR) is 92.6 cm³/mol. The van der Waals surface area contributed by atoms with Crippen molar-refractivity contribution in [1.82, 2.24) is 0 Å². The molecule has 0 saturated heterocycles. The van der Waals surface area contributed by atoms with E-state index in [0.717, 1.165) is 0 Å². The highest BCUT2D eigenvalue weighted by atomic mass is 79.9. The van der Waals surface area contributed by atoms with E-state index < -0.39 is 5.82 Å². The standard InChI is InChI=1S/C14H9BrCl4FN/c1-6(7-4-11(20)10(17)5-9(7)16)21-12-3-2-8(15)13(18)14(12)19/h2-6,21H,1H3. The van der Waals surface area contributed by atoms with Gasteiger partial charge in [0.05, 0.1) is 26.8 Å². The molecule has 2 rings (SSSR count). The fourth-order valence-corrected chi connectivity index (χ4v) is 3.19. The molecule has 0 spiro atoms. The van der Waals surface area contributed by atoms with Gasteiger partial charge < -0.3 is 5.32 Å². The van der Waals surface area contributed by atoms with Gasteiger partial charge in [0.2, 0.25) is 0 Å². The van der Waals surface area contributed by atoms with E-state index in [1.807, 2.05) is 6.92 Å². The first-order chi connectivity index (χ1) is 9.81. The van der Waals surface area contributed by atoms with Crippen LogP contribution in [-0.2, 0) is 0 Å². The third kappa shape index (κ3) is 3.77. The minimum atomic E-state index is -0.523. The molecule has 0 aromatic heterocycles. The van der Waals surface area contributed by atoms with Crippen molar-refractivity contribution in [2.75, 3.05) is 5.32 Å². The Labute approximate surface area is 150 Å². The van der Waals surface area contributed by atoms with Crippen LogP contribution in [0.25, 0.3) is 0 Å². The van der Waals surface area contributed by atoms with Crippen molar-refractivity contribution in [1.29, 1.82) is 0 Å². The van der Waals surface area contributed by atoms with Gasteiger partial charge in [0.1, 0.15) is 5.82 Å². The summed E-state index contributed by atoms with van der Waals surface area (Å²) in [6.07, 6.45) is 0. The highest BCUT2D eigenvalue weighted by Gasteiger charge is 2.16. The van der Waals surface area contributed by atoms with Gasteiger partial charge in [-0.05, 0) is 52.7 Å². The van der Waals surface area contributed by atoms with Gasteiger partial charge in [0.25, 0.3) is 0 Å². The van der Waals surface area contributed by atoms with E-state index in [4.69, 9.17) is 46.4 Å². The molecule has 21 heavy (non-hydrogen) atoms. The van der Waals surface area contributed by atoms with Crippen LogP contribution in [-0.4, -0.2) is 0 Å². The Balaban J connectivity index is 2.32. The largest absolute Gasteiger partial charge is 0.377 e. The molecule has 1 atom stereocenters. The summed E-state index contributed by atoms with van der Waals surface area (Å²) in [7, 11) is 0. The maximum atomic E-state index is 13.6. The lowest BCUT2D eigenvalue weighted by Gasteiger charge is -2.19. The molecule has 112 valence electrons. The Kier molecular flexibility index (Phi) is 5.66. The molecular weight excluding hydrogens is 423 g/mol. The molecule has 0 saturated carbocycles. The number of hydrogen-bond donors (Lipinski definition) is 1. The molecule has 7 heteroatoms. The van der Waals surface area contributed by atoms with Gasteiger partial charge in [-0.15, -0.1) is 0 Å². The Bertz CT molecular complexity index is 693. The lowest BCUT2D eigenvalue weighted by atomic mass is 10.1. The monoisotopic (exact) mass is 429 g/mol. The predicted octanol–water partition coefficient (Wildman–Crippen LogP) is 7.37. The zero-order valence-corrected chi connectivity index (χ0v) is 15.3. The van der Waals surface area contributed by atoms with Gasteiger partial charge >= 0.3 is 0 Å². The zero-order chi connectivity index (χ0) is 15.7. The number of benzene rings is 2. The molecule has 2 aromatic rings. The fourth-order valence-electron chi connectivity index (χ4n) is 1.82. The summed E-state index contributed by atoms with van der Waals surface area (Å²) in [5, 5.41) is 4.30. The molecular formula is C14H9BrCl4FN. The van der Waals surface area contributed by atoms with E-state index in [0.29, 0.717) is 30.8 Å². The van der Waals surface area contributed by atoms with E-state index in [9.17, 15) is 4.39 Å². The second-order valence-electron chi connectivity index (χ2n) is 4.38.